The van der Waals surface area contributed by atoms with Crippen LogP contribution < -0.4 is 10.6 Å². The van der Waals surface area contributed by atoms with Gasteiger partial charge in [0.05, 0.1) is 6.04 Å². The van der Waals surface area contributed by atoms with E-state index in [1.54, 1.807) is 4.90 Å². The van der Waals surface area contributed by atoms with E-state index in [0.29, 0.717) is 25.3 Å². The Hall–Kier alpha value is -2.02. The predicted molar refractivity (Wildman–Crippen MR) is 97.7 cm³/mol. The zero-order valence-electron chi connectivity index (χ0n) is 14.8. The van der Waals surface area contributed by atoms with Crippen molar-refractivity contribution in [2.24, 2.45) is 5.92 Å². The van der Waals surface area contributed by atoms with Gasteiger partial charge in [0, 0.05) is 18.5 Å². The van der Waals surface area contributed by atoms with E-state index in [1.807, 2.05) is 12.1 Å². The van der Waals surface area contributed by atoms with Gasteiger partial charge >= 0.3 is 0 Å². The summed E-state index contributed by atoms with van der Waals surface area (Å²) in [5, 5.41) is 16.5. The van der Waals surface area contributed by atoms with Gasteiger partial charge in [-0.15, -0.1) is 0 Å². The topological polar surface area (TPSA) is 81.7 Å². The van der Waals surface area contributed by atoms with Gasteiger partial charge in [0.25, 0.3) is 0 Å². The first-order chi connectivity index (χ1) is 12.6. The molecule has 0 saturated carbocycles. The van der Waals surface area contributed by atoms with Crippen LogP contribution in [0, 0.1) is 5.92 Å². The van der Waals surface area contributed by atoms with Gasteiger partial charge in [-0.25, -0.2) is 0 Å². The quantitative estimate of drug-likeness (QED) is 0.713. The van der Waals surface area contributed by atoms with E-state index in [4.69, 9.17) is 0 Å². The zero-order valence-corrected chi connectivity index (χ0v) is 14.8. The molecule has 1 aromatic carbocycles. The first-order valence-electron chi connectivity index (χ1n) is 9.41. The third-order valence-corrected chi connectivity index (χ3v) is 5.72. The highest BCUT2D eigenvalue weighted by Crippen LogP contribution is 2.37. The van der Waals surface area contributed by atoms with Gasteiger partial charge in [-0.05, 0) is 49.4 Å². The molecular formula is C20H25N3O3. The molecule has 2 fully saturated rings. The number of rotatable bonds is 3. The highest BCUT2D eigenvalue weighted by atomic mass is 16.3. The second-order valence-corrected chi connectivity index (χ2v) is 7.37. The number of carbonyl (C=O) groups excluding carboxylic acids is 2. The number of aliphatic hydroxyl groups excluding tert-OH is 1. The van der Waals surface area contributed by atoms with Gasteiger partial charge in [-0.2, -0.15) is 0 Å². The van der Waals surface area contributed by atoms with E-state index < -0.39 is 12.3 Å². The van der Waals surface area contributed by atoms with Crippen LogP contribution in [0.3, 0.4) is 0 Å². The lowest BCUT2D eigenvalue weighted by Crippen LogP contribution is -2.51. The van der Waals surface area contributed by atoms with Crippen LogP contribution in [0.15, 0.2) is 24.3 Å². The monoisotopic (exact) mass is 355 g/mol. The Morgan fingerprint density at radius 1 is 1.15 bits per heavy atom. The standard InChI is InChI=1S/C20H25N3O3/c24-18-7-6-17(19(25)22-18)23-12-16-14(2-1-3-15(16)20(23)26)5-4-13-8-10-21-11-9-13/h1-5,13,17,20-21,26H,6-12H2,(H,22,24,25)/b5-4-. The number of hydrogen-bond donors (Lipinski definition) is 3. The lowest BCUT2D eigenvalue weighted by atomic mass is 9.95. The molecule has 3 aliphatic heterocycles. The lowest BCUT2D eigenvalue weighted by molar-refractivity contribution is -0.141. The van der Waals surface area contributed by atoms with Crippen LogP contribution in [-0.2, 0) is 16.1 Å². The van der Waals surface area contributed by atoms with Gasteiger partial charge < -0.3 is 10.4 Å². The number of allylic oxidation sites excluding steroid dienone is 1. The van der Waals surface area contributed by atoms with E-state index in [1.165, 1.54) is 0 Å². The Balaban J connectivity index is 1.54. The van der Waals surface area contributed by atoms with Crippen molar-refractivity contribution < 1.29 is 14.7 Å². The van der Waals surface area contributed by atoms with Gasteiger partial charge in [0.15, 0.2) is 0 Å². The minimum Gasteiger partial charge on any atom is -0.374 e. The number of nitrogens with one attached hydrogen (secondary N) is 2. The summed E-state index contributed by atoms with van der Waals surface area (Å²) in [5.41, 5.74) is 3.05. The maximum Gasteiger partial charge on any atom is 0.244 e. The summed E-state index contributed by atoms with van der Waals surface area (Å²) < 4.78 is 0. The molecule has 6 heteroatoms. The first kappa shape index (κ1) is 17.4. The van der Waals surface area contributed by atoms with Crippen LogP contribution in [0.4, 0.5) is 0 Å². The van der Waals surface area contributed by atoms with Crippen LogP contribution in [0.2, 0.25) is 0 Å². The normalized spacial score (nSPS) is 27.7. The van der Waals surface area contributed by atoms with Crippen molar-refractivity contribution in [1.29, 1.82) is 0 Å². The Bertz CT molecular complexity index is 740. The van der Waals surface area contributed by atoms with Crippen molar-refractivity contribution in [3.63, 3.8) is 0 Å². The summed E-state index contributed by atoms with van der Waals surface area (Å²) in [7, 11) is 0. The lowest BCUT2D eigenvalue weighted by Gasteiger charge is -2.31. The minimum atomic E-state index is -0.804. The summed E-state index contributed by atoms with van der Waals surface area (Å²) in [6.45, 7) is 2.64. The molecule has 3 N–H and O–H groups in total. The number of benzene rings is 1. The Morgan fingerprint density at radius 3 is 2.73 bits per heavy atom. The molecule has 3 aliphatic rings. The van der Waals surface area contributed by atoms with Crippen LogP contribution in [0.5, 0.6) is 0 Å². The third kappa shape index (κ3) is 3.32. The fraction of sp³-hybridized carbons (Fsp3) is 0.500. The molecule has 26 heavy (non-hydrogen) atoms. The van der Waals surface area contributed by atoms with E-state index in [9.17, 15) is 14.7 Å². The van der Waals surface area contributed by atoms with Crippen molar-refractivity contribution in [1.82, 2.24) is 15.5 Å². The molecule has 0 bridgehead atoms. The summed E-state index contributed by atoms with van der Waals surface area (Å²) in [6, 6.07) is 5.49. The van der Waals surface area contributed by atoms with Crippen molar-refractivity contribution in [3.05, 3.63) is 41.0 Å². The predicted octanol–water partition coefficient (Wildman–Crippen LogP) is 1.31. The molecule has 0 radical (unpaired) electrons. The molecule has 2 unspecified atom stereocenters. The van der Waals surface area contributed by atoms with Crippen LogP contribution in [0.25, 0.3) is 6.08 Å². The van der Waals surface area contributed by atoms with E-state index in [2.05, 4.69) is 28.9 Å². The van der Waals surface area contributed by atoms with Crippen LogP contribution >= 0.6 is 0 Å². The molecule has 0 aliphatic carbocycles. The van der Waals surface area contributed by atoms with Crippen molar-refractivity contribution in [3.8, 4) is 0 Å². The number of amides is 2. The molecule has 4 rings (SSSR count). The number of nitrogens with zero attached hydrogens (tertiary/aromatic N) is 1. The average molecular weight is 355 g/mol. The number of piperidine rings is 2. The van der Waals surface area contributed by atoms with Crippen molar-refractivity contribution in [2.45, 2.75) is 44.5 Å². The van der Waals surface area contributed by atoms with E-state index in [-0.39, 0.29) is 11.8 Å². The van der Waals surface area contributed by atoms with E-state index in [0.717, 1.165) is 42.6 Å². The molecule has 138 valence electrons. The number of aliphatic hydroxyl groups is 1. The fourth-order valence-corrected chi connectivity index (χ4v) is 4.21. The average Bonchev–Trinajstić information content (AvgIpc) is 2.98. The highest BCUT2D eigenvalue weighted by molar-refractivity contribution is 6.00. The van der Waals surface area contributed by atoms with Crippen LogP contribution in [0.1, 0.15) is 48.6 Å². The van der Waals surface area contributed by atoms with Gasteiger partial charge in [0.2, 0.25) is 11.8 Å². The fourth-order valence-electron chi connectivity index (χ4n) is 4.21. The number of hydrogen-bond acceptors (Lipinski definition) is 5. The molecular weight excluding hydrogens is 330 g/mol. The Labute approximate surface area is 153 Å². The molecule has 2 atom stereocenters. The van der Waals surface area contributed by atoms with Crippen molar-refractivity contribution >= 4 is 17.9 Å². The number of imide groups is 1. The second kappa shape index (κ2) is 7.31. The SMILES string of the molecule is O=C1CCC(N2Cc3c(/C=C\C4CCNCC4)cccc3C2O)C(=O)N1. The maximum atomic E-state index is 12.2. The summed E-state index contributed by atoms with van der Waals surface area (Å²) in [5.74, 6) is 0.0487. The molecule has 1 aromatic rings. The molecule has 0 spiro atoms. The molecule has 2 amide bonds. The Morgan fingerprint density at radius 2 is 1.96 bits per heavy atom. The second-order valence-electron chi connectivity index (χ2n) is 7.37. The van der Waals surface area contributed by atoms with Crippen molar-refractivity contribution in [2.75, 3.05) is 13.1 Å². The molecule has 0 aromatic heterocycles. The summed E-state index contributed by atoms with van der Waals surface area (Å²) in [6.07, 6.45) is 6.70. The molecule has 3 heterocycles. The van der Waals surface area contributed by atoms with E-state index >= 15 is 0 Å². The molecule has 2 saturated heterocycles. The van der Waals surface area contributed by atoms with Gasteiger partial charge in [-0.1, -0.05) is 30.4 Å². The smallest absolute Gasteiger partial charge is 0.244 e. The number of fused-ring (bicyclic) bond motifs is 1. The van der Waals surface area contributed by atoms with Crippen LogP contribution in [-0.4, -0.2) is 41.0 Å². The summed E-state index contributed by atoms with van der Waals surface area (Å²) in [4.78, 5) is 25.4. The first-order valence-corrected chi connectivity index (χ1v) is 9.41. The minimum absolute atomic E-state index is 0.233. The molecule has 6 nitrogen and oxygen atoms in total. The summed E-state index contributed by atoms with van der Waals surface area (Å²) >= 11 is 0. The third-order valence-electron chi connectivity index (χ3n) is 5.72. The maximum absolute atomic E-state index is 12.2. The number of carbonyl (C=O) groups is 2. The van der Waals surface area contributed by atoms with Gasteiger partial charge in [0.1, 0.15) is 6.23 Å². The highest BCUT2D eigenvalue weighted by Gasteiger charge is 2.40. The zero-order chi connectivity index (χ0) is 18.1. The van der Waals surface area contributed by atoms with Gasteiger partial charge in [-0.3, -0.25) is 19.8 Å². The Kier molecular flexibility index (Phi) is 4.89. The largest absolute Gasteiger partial charge is 0.374 e.